The Morgan fingerprint density at radius 3 is 2.67 bits per heavy atom. The van der Waals surface area contributed by atoms with Gasteiger partial charge < -0.3 is 5.73 Å². The first-order chi connectivity index (χ1) is 8.61. The predicted molar refractivity (Wildman–Crippen MR) is 74.5 cm³/mol. The molecule has 3 nitrogen and oxygen atoms in total. The van der Waals surface area contributed by atoms with Crippen molar-refractivity contribution in [1.29, 1.82) is 0 Å². The third-order valence-corrected chi connectivity index (χ3v) is 3.36. The van der Waals surface area contributed by atoms with E-state index in [-0.39, 0.29) is 6.04 Å². The Morgan fingerprint density at radius 2 is 2.00 bits per heavy atom. The van der Waals surface area contributed by atoms with Gasteiger partial charge in [0.15, 0.2) is 0 Å². The van der Waals surface area contributed by atoms with Gasteiger partial charge in [0, 0.05) is 18.3 Å². The van der Waals surface area contributed by atoms with E-state index in [9.17, 15) is 0 Å². The Labute approximate surface area is 109 Å². The molecule has 0 aliphatic heterocycles. The van der Waals surface area contributed by atoms with Crippen LogP contribution in [0.4, 0.5) is 0 Å². The van der Waals surface area contributed by atoms with Crippen LogP contribution in [0.2, 0.25) is 0 Å². The second kappa shape index (κ2) is 5.36. The molecule has 3 heteroatoms. The topological polar surface area (TPSA) is 43.8 Å². The first-order valence-electron chi connectivity index (χ1n) is 6.47. The summed E-state index contributed by atoms with van der Waals surface area (Å²) in [5, 5.41) is 4.33. The van der Waals surface area contributed by atoms with Crippen LogP contribution in [0.5, 0.6) is 0 Å². The van der Waals surface area contributed by atoms with E-state index in [2.05, 4.69) is 44.1 Å². The monoisotopic (exact) mass is 243 g/mol. The maximum atomic E-state index is 6.29. The quantitative estimate of drug-likeness (QED) is 0.897. The van der Waals surface area contributed by atoms with Crippen molar-refractivity contribution in [2.45, 2.75) is 39.8 Å². The fraction of sp³-hybridized carbons (Fsp3) is 0.400. The summed E-state index contributed by atoms with van der Waals surface area (Å²) in [6.07, 6.45) is 5.00. The smallest absolute Gasteiger partial charge is 0.0582 e. The zero-order valence-corrected chi connectivity index (χ0v) is 11.4. The standard InChI is InChI=1S/C15H21N3/c1-4-7-18-10-14(9-17-18)15(16)13-6-5-11(2)12(3)8-13/h5-6,8-10,15H,4,7,16H2,1-3H3. The highest BCUT2D eigenvalue weighted by molar-refractivity contribution is 5.35. The Hall–Kier alpha value is -1.61. The Morgan fingerprint density at radius 1 is 1.22 bits per heavy atom. The van der Waals surface area contributed by atoms with E-state index in [1.165, 1.54) is 11.1 Å². The molecule has 0 fully saturated rings. The first-order valence-corrected chi connectivity index (χ1v) is 6.47. The molecule has 1 unspecified atom stereocenters. The van der Waals surface area contributed by atoms with Gasteiger partial charge in [-0.1, -0.05) is 25.1 Å². The van der Waals surface area contributed by atoms with Crippen LogP contribution in [0.1, 0.15) is 41.6 Å². The highest BCUT2D eigenvalue weighted by atomic mass is 15.3. The van der Waals surface area contributed by atoms with Gasteiger partial charge in [0.1, 0.15) is 0 Å². The molecule has 0 aliphatic rings. The van der Waals surface area contributed by atoms with E-state index >= 15 is 0 Å². The summed E-state index contributed by atoms with van der Waals surface area (Å²) >= 11 is 0. The van der Waals surface area contributed by atoms with Gasteiger partial charge in [-0.05, 0) is 37.0 Å². The molecule has 0 amide bonds. The number of rotatable bonds is 4. The molecular weight excluding hydrogens is 222 g/mol. The van der Waals surface area contributed by atoms with Gasteiger partial charge in [-0.15, -0.1) is 0 Å². The van der Waals surface area contributed by atoms with Crippen LogP contribution in [0, 0.1) is 13.8 Å². The molecule has 2 rings (SSSR count). The van der Waals surface area contributed by atoms with Crippen molar-refractivity contribution in [2.24, 2.45) is 5.73 Å². The summed E-state index contributed by atoms with van der Waals surface area (Å²) in [6, 6.07) is 6.30. The van der Waals surface area contributed by atoms with Crippen molar-refractivity contribution in [3.63, 3.8) is 0 Å². The molecule has 0 spiro atoms. The van der Waals surface area contributed by atoms with Crippen LogP contribution in [0.25, 0.3) is 0 Å². The molecule has 0 aliphatic carbocycles. The van der Waals surface area contributed by atoms with E-state index in [4.69, 9.17) is 5.73 Å². The number of hydrogen-bond donors (Lipinski definition) is 1. The summed E-state index contributed by atoms with van der Waals surface area (Å²) in [4.78, 5) is 0. The lowest BCUT2D eigenvalue weighted by Crippen LogP contribution is -2.11. The van der Waals surface area contributed by atoms with Crippen molar-refractivity contribution in [3.8, 4) is 0 Å². The highest BCUT2D eigenvalue weighted by Crippen LogP contribution is 2.21. The number of aromatic nitrogens is 2. The molecule has 0 saturated carbocycles. The highest BCUT2D eigenvalue weighted by Gasteiger charge is 2.11. The molecule has 0 saturated heterocycles. The van der Waals surface area contributed by atoms with Gasteiger partial charge in [-0.3, -0.25) is 4.68 Å². The van der Waals surface area contributed by atoms with Gasteiger partial charge in [-0.25, -0.2) is 0 Å². The van der Waals surface area contributed by atoms with Gasteiger partial charge >= 0.3 is 0 Å². The van der Waals surface area contributed by atoms with Gasteiger partial charge in [-0.2, -0.15) is 5.10 Å². The molecule has 96 valence electrons. The Balaban J connectivity index is 2.23. The number of aryl methyl sites for hydroxylation is 3. The Bertz CT molecular complexity index is 528. The number of benzene rings is 1. The molecule has 1 heterocycles. The third-order valence-electron chi connectivity index (χ3n) is 3.36. The SMILES string of the molecule is CCCn1cc(C(N)c2ccc(C)c(C)c2)cn1. The fourth-order valence-corrected chi connectivity index (χ4v) is 2.04. The number of nitrogens with two attached hydrogens (primary N) is 1. The summed E-state index contributed by atoms with van der Waals surface area (Å²) in [7, 11) is 0. The summed E-state index contributed by atoms with van der Waals surface area (Å²) in [5.41, 5.74) is 11.1. The molecule has 1 aromatic carbocycles. The molecule has 1 aromatic heterocycles. The molecule has 2 aromatic rings. The zero-order valence-electron chi connectivity index (χ0n) is 11.4. The van der Waals surface area contributed by atoms with Gasteiger partial charge in [0.2, 0.25) is 0 Å². The lowest BCUT2D eigenvalue weighted by Gasteiger charge is -2.12. The van der Waals surface area contributed by atoms with Crippen molar-refractivity contribution in [1.82, 2.24) is 9.78 Å². The molecule has 0 radical (unpaired) electrons. The van der Waals surface area contributed by atoms with Crippen molar-refractivity contribution < 1.29 is 0 Å². The minimum Gasteiger partial charge on any atom is -0.320 e. The van der Waals surface area contributed by atoms with Gasteiger partial charge in [0.05, 0.1) is 12.2 Å². The zero-order chi connectivity index (χ0) is 13.1. The summed E-state index contributed by atoms with van der Waals surface area (Å²) in [5.74, 6) is 0. The molecule has 2 N–H and O–H groups in total. The van der Waals surface area contributed by atoms with E-state index < -0.39 is 0 Å². The average Bonchev–Trinajstić information content (AvgIpc) is 2.81. The van der Waals surface area contributed by atoms with Crippen molar-refractivity contribution in [2.75, 3.05) is 0 Å². The fourth-order valence-electron chi connectivity index (χ4n) is 2.04. The second-order valence-electron chi connectivity index (χ2n) is 4.86. The largest absolute Gasteiger partial charge is 0.320 e. The number of nitrogens with zero attached hydrogens (tertiary/aromatic N) is 2. The van der Waals surface area contributed by atoms with Crippen molar-refractivity contribution >= 4 is 0 Å². The summed E-state index contributed by atoms with van der Waals surface area (Å²) < 4.78 is 1.95. The second-order valence-corrected chi connectivity index (χ2v) is 4.86. The molecule has 1 atom stereocenters. The van der Waals surface area contributed by atoms with E-state index in [1.807, 2.05) is 17.1 Å². The Kier molecular flexibility index (Phi) is 3.82. The lowest BCUT2D eigenvalue weighted by molar-refractivity contribution is 0.602. The van der Waals surface area contributed by atoms with Crippen LogP contribution in [0.15, 0.2) is 30.6 Å². The molecule has 0 bridgehead atoms. The molecular formula is C15H21N3. The van der Waals surface area contributed by atoms with Crippen LogP contribution in [0.3, 0.4) is 0 Å². The van der Waals surface area contributed by atoms with Crippen LogP contribution >= 0.6 is 0 Å². The van der Waals surface area contributed by atoms with Crippen LogP contribution < -0.4 is 5.73 Å². The average molecular weight is 243 g/mol. The lowest BCUT2D eigenvalue weighted by atomic mass is 9.98. The minimum absolute atomic E-state index is 0.0880. The summed E-state index contributed by atoms with van der Waals surface area (Å²) in [6.45, 7) is 7.32. The van der Waals surface area contributed by atoms with Gasteiger partial charge in [0.25, 0.3) is 0 Å². The van der Waals surface area contributed by atoms with Crippen LogP contribution in [-0.2, 0) is 6.54 Å². The number of hydrogen-bond acceptors (Lipinski definition) is 2. The van der Waals surface area contributed by atoms with Crippen molar-refractivity contribution in [3.05, 3.63) is 52.8 Å². The normalized spacial score (nSPS) is 12.7. The maximum absolute atomic E-state index is 6.29. The molecule has 18 heavy (non-hydrogen) atoms. The predicted octanol–water partition coefficient (Wildman–Crippen LogP) is 2.96. The maximum Gasteiger partial charge on any atom is 0.0582 e. The van der Waals surface area contributed by atoms with Crippen LogP contribution in [-0.4, -0.2) is 9.78 Å². The van der Waals surface area contributed by atoms with E-state index in [0.29, 0.717) is 0 Å². The third kappa shape index (κ3) is 2.62. The van der Waals surface area contributed by atoms with E-state index in [0.717, 1.165) is 24.1 Å². The first kappa shape index (κ1) is 12.8. The minimum atomic E-state index is -0.0880. The van der Waals surface area contributed by atoms with E-state index in [1.54, 1.807) is 0 Å².